The quantitative estimate of drug-likeness (QED) is 0.171. The molecule has 0 heterocycles. The van der Waals surface area contributed by atoms with Crippen molar-refractivity contribution in [1.82, 2.24) is 0 Å². The van der Waals surface area contributed by atoms with Crippen LogP contribution in [0.1, 0.15) is 32.3 Å². The van der Waals surface area contributed by atoms with E-state index < -0.39 is 5.97 Å². The normalized spacial score (nSPS) is 10.7. The average Bonchev–Trinajstić information content (AvgIpc) is 2.88. The zero-order valence-corrected chi connectivity index (χ0v) is 20.9. The van der Waals surface area contributed by atoms with Gasteiger partial charge >= 0.3 is 5.97 Å². The number of halogens is 1. The standard InChI is InChI=1S/C30H33FO5/c1-4-5-16-34-26-11-8-22(9-12-26)24-10-13-27(28(31)19-24)25-7-6-23(14-15-32)29(20-25)35-17-18-36-30(33)21(2)3/h6-13,19-20,32H,2,4-5,14-18H2,1,3H3. The third-order valence-electron chi connectivity index (χ3n) is 5.61. The van der Waals surface area contributed by atoms with Gasteiger partial charge in [0.2, 0.25) is 0 Å². The van der Waals surface area contributed by atoms with Gasteiger partial charge < -0.3 is 19.3 Å². The summed E-state index contributed by atoms with van der Waals surface area (Å²) >= 11 is 0. The molecule has 3 aromatic carbocycles. The van der Waals surface area contributed by atoms with Crippen LogP contribution in [0.2, 0.25) is 0 Å². The molecule has 0 unspecified atom stereocenters. The largest absolute Gasteiger partial charge is 0.494 e. The maximum atomic E-state index is 15.2. The molecule has 0 aliphatic rings. The molecule has 0 aliphatic carbocycles. The second-order valence-electron chi connectivity index (χ2n) is 8.48. The molecular formula is C30H33FO5. The number of benzene rings is 3. The summed E-state index contributed by atoms with van der Waals surface area (Å²) in [6.07, 6.45) is 2.47. The van der Waals surface area contributed by atoms with E-state index in [9.17, 15) is 9.90 Å². The molecule has 0 fully saturated rings. The van der Waals surface area contributed by atoms with Crippen molar-refractivity contribution in [3.8, 4) is 33.8 Å². The third-order valence-corrected chi connectivity index (χ3v) is 5.61. The Hall–Kier alpha value is -3.64. The predicted octanol–water partition coefficient (Wildman–Crippen LogP) is 6.37. The van der Waals surface area contributed by atoms with E-state index in [-0.39, 0.29) is 25.6 Å². The van der Waals surface area contributed by atoms with Crippen molar-refractivity contribution in [3.05, 3.63) is 84.2 Å². The second-order valence-corrected chi connectivity index (χ2v) is 8.48. The first-order chi connectivity index (χ1) is 17.4. The van der Waals surface area contributed by atoms with Gasteiger partial charge in [0.25, 0.3) is 0 Å². The highest BCUT2D eigenvalue weighted by Gasteiger charge is 2.12. The minimum absolute atomic E-state index is 0.0498. The Morgan fingerprint density at radius 2 is 1.64 bits per heavy atom. The molecule has 0 bridgehead atoms. The maximum Gasteiger partial charge on any atom is 0.333 e. The van der Waals surface area contributed by atoms with Crippen LogP contribution in [0.3, 0.4) is 0 Å². The van der Waals surface area contributed by atoms with E-state index in [1.807, 2.05) is 36.4 Å². The zero-order valence-electron chi connectivity index (χ0n) is 20.9. The molecule has 36 heavy (non-hydrogen) atoms. The van der Waals surface area contributed by atoms with E-state index in [0.717, 1.165) is 35.3 Å². The van der Waals surface area contributed by atoms with Crippen molar-refractivity contribution < 1.29 is 28.5 Å². The van der Waals surface area contributed by atoms with Crippen LogP contribution >= 0.6 is 0 Å². The highest BCUT2D eigenvalue weighted by Crippen LogP contribution is 2.32. The van der Waals surface area contributed by atoms with Crippen LogP contribution in [0, 0.1) is 5.82 Å². The van der Waals surface area contributed by atoms with Gasteiger partial charge in [0.05, 0.1) is 6.61 Å². The van der Waals surface area contributed by atoms with Gasteiger partial charge in [0.1, 0.15) is 30.5 Å². The number of unbranched alkanes of at least 4 members (excludes halogenated alkanes) is 1. The summed E-state index contributed by atoms with van der Waals surface area (Å²) in [5.74, 6) is 0.472. The molecule has 0 saturated heterocycles. The minimum atomic E-state index is -0.483. The number of carbonyl (C=O) groups is 1. The van der Waals surface area contributed by atoms with E-state index >= 15 is 4.39 Å². The summed E-state index contributed by atoms with van der Waals surface area (Å²) in [5, 5.41) is 9.39. The summed E-state index contributed by atoms with van der Waals surface area (Å²) in [5.41, 5.74) is 3.85. The van der Waals surface area contributed by atoms with Crippen LogP contribution in [-0.4, -0.2) is 37.5 Å². The lowest BCUT2D eigenvalue weighted by Crippen LogP contribution is -2.13. The molecule has 0 aromatic heterocycles. The van der Waals surface area contributed by atoms with E-state index in [2.05, 4.69) is 13.5 Å². The fourth-order valence-corrected chi connectivity index (χ4v) is 3.60. The number of hydrogen-bond donors (Lipinski definition) is 1. The summed E-state index contributed by atoms with van der Waals surface area (Å²) in [6, 6.07) is 18.1. The lowest BCUT2D eigenvalue weighted by Gasteiger charge is -2.14. The molecule has 0 radical (unpaired) electrons. The molecule has 1 N–H and O–H groups in total. The fraction of sp³-hybridized carbons (Fsp3) is 0.300. The van der Waals surface area contributed by atoms with Crippen LogP contribution in [0.5, 0.6) is 11.5 Å². The first-order valence-electron chi connectivity index (χ1n) is 12.1. The Bertz CT molecular complexity index is 1170. The monoisotopic (exact) mass is 492 g/mol. The van der Waals surface area contributed by atoms with Crippen molar-refractivity contribution >= 4 is 5.97 Å². The topological polar surface area (TPSA) is 65.0 Å². The first kappa shape index (κ1) is 27.0. The third kappa shape index (κ3) is 7.43. The van der Waals surface area contributed by atoms with Crippen LogP contribution in [0.25, 0.3) is 22.3 Å². The maximum absolute atomic E-state index is 15.2. The summed E-state index contributed by atoms with van der Waals surface area (Å²) < 4.78 is 31.8. The molecular weight excluding hydrogens is 459 g/mol. The molecule has 5 nitrogen and oxygen atoms in total. The number of aliphatic hydroxyl groups is 1. The molecule has 190 valence electrons. The zero-order chi connectivity index (χ0) is 25.9. The van der Waals surface area contributed by atoms with Crippen molar-refractivity contribution in [2.75, 3.05) is 26.4 Å². The fourth-order valence-electron chi connectivity index (χ4n) is 3.60. The Balaban J connectivity index is 1.75. The Morgan fingerprint density at radius 3 is 2.31 bits per heavy atom. The minimum Gasteiger partial charge on any atom is -0.494 e. The second kappa shape index (κ2) is 13.4. The van der Waals surface area contributed by atoms with Gasteiger partial charge in [-0.15, -0.1) is 0 Å². The lowest BCUT2D eigenvalue weighted by atomic mass is 9.98. The predicted molar refractivity (Wildman–Crippen MR) is 140 cm³/mol. The van der Waals surface area contributed by atoms with Crippen molar-refractivity contribution in [3.63, 3.8) is 0 Å². The summed E-state index contributed by atoms with van der Waals surface area (Å²) in [7, 11) is 0. The number of rotatable bonds is 13. The van der Waals surface area contributed by atoms with Gasteiger partial charge in [-0.25, -0.2) is 9.18 Å². The number of hydrogen-bond acceptors (Lipinski definition) is 5. The number of esters is 1. The molecule has 0 aliphatic heterocycles. The SMILES string of the molecule is C=C(C)C(=O)OCCOc1cc(-c2ccc(-c3ccc(OCCCC)cc3)cc2F)ccc1CCO. The van der Waals surface area contributed by atoms with Gasteiger partial charge in [-0.1, -0.05) is 56.3 Å². The van der Waals surface area contributed by atoms with Crippen molar-refractivity contribution in [2.24, 2.45) is 0 Å². The Morgan fingerprint density at radius 1 is 0.917 bits per heavy atom. The molecule has 3 rings (SSSR count). The molecule has 6 heteroatoms. The lowest BCUT2D eigenvalue weighted by molar-refractivity contribution is -0.139. The van der Waals surface area contributed by atoms with Crippen molar-refractivity contribution in [1.29, 1.82) is 0 Å². The first-order valence-corrected chi connectivity index (χ1v) is 12.1. The summed E-state index contributed by atoms with van der Waals surface area (Å²) in [6.45, 7) is 8.05. The number of aliphatic hydroxyl groups excluding tert-OH is 1. The van der Waals surface area contributed by atoms with Gasteiger partial charge in [-0.3, -0.25) is 0 Å². The van der Waals surface area contributed by atoms with Gasteiger partial charge in [-0.05, 0) is 66.3 Å². The van der Waals surface area contributed by atoms with E-state index in [1.165, 1.54) is 6.07 Å². The van der Waals surface area contributed by atoms with E-state index in [1.54, 1.807) is 25.1 Å². The number of carbonyl (C=O) groups excluding carboxylic acids is 1. The summed E-state index contributed by atoms with van der Waals surface area (Å²) in [4.78, 5) is 11.5. The smallest absolute Gasteiger partial charge is 0.333 e. The Labute approximate surface area is 212 Å². The average molecular weight is 493 g/mol. The van der Waals surface area contributed by atoms with Gasteiger partial charge in [-0.2, -0.15) is 0 Å². The van der Waals surface area contributed by atoms with Crippen LogP contribution < -0.4 is 9.47 Å². The van der Waals surface area contributed by atoms with E-state index in [0.29, 0.717) is 35.5 Å². The molecule has 0 amide bonds. The van der Waals surface area contributed by atoms with Gasteiger partial charge in [0, 0.05) is 17.7 Å². The molecule has 0 atom stereocenters. The van der Waals surface area contributed by atoms with Crippen LogP contribution in [0.4, 0.5) is 4.39 Å². The molecule has 0 spiro atoms. The van der Waals surface area contributed by atoms with E-state index in [4.69, 9.17) is 14.2 Å². The van der Waals surface area contributed by atoms with Crippen LogP contribution in [0.15, 0.2) is 72.8 Å². The highest BCUT2D eigenvalue weighted by molar-refractivity contribution is 5.86. The van der Waals surface area contributed by atoms with Gasteiger partial charge in [0.15, 0.2) is 0 Å². The molecule has 0 saturated carbocycles. The Kier molecular flexibility index (Phi) is 10.1. The highest BCUT2D eigenvalue weighted by atomic mass is 19.1. The molecule has 3 aromatic rings. The number of ether oxygens (including phenoxy) is 3. The van der Waals surface area contributed by atoms with Crippen molar-refractivity contribution in [2.45, 2.75) is 33.1 Å². The van der Waals surface area contributed by atoms with Crippen LogP contribution in [-0.2, 0) is 16.0 Å².